The molecule has 1 heterocycles. The van der Waals surface area contributed by atoms with Crippen molar-refractivity contribution in [3.05, 3.63) is 91.2 Å². The summed E-state index contributed by atoms with van der Waals surface area (Å²) >= 11 is 20.1. The highest BCUT2D eigenvalue weighted by atomic mass is 127. The minimum absolute atomic E-state index is 0.0302. The van der Waals surface area contributed by atoms with Crippen molar-refractivity contribution in [3.63, 3.8) is 0 Å². The van der Waals surface area contributed by atoms with Gasteiger partial charge in [0, 0.05) is 11.1 Å². The molecule has 1 aromatic heterocycles. The smallest absolute Gasteiger partial charge is 0.263 e. The van der Waals surface area contributed by atoms with Crippen LogP contribution in [0, 0.1) is 15.2 Å². The summed E-state index contributed by atoms with van der Waals surface area (Å²) in [7, 11) is -4.02. The Balaban J connectivity index is 1.57. The maximum Gasteiger partial charge on any atom is 0.263 e. The number of rotatable bonds is 6. The molecule has 0 aliphatic heterocycles. The summed E-state index contributed by atoms with van der Waals surface area (Å²) in [5, 5.41) is 4.39. The number of benzene rings is 3. The first kappa shape index (κ1) is 25.0. The molecule has 0 fully saturated rings. The van der Waals surface area contributed by atoms with Gasteiger partial charge in [-0.2, -0.15) is 5.10 Å². The van der Waals surface area contributed by atoms with E-state index in [1.165, 1.54) is 53.5 Å². The maximum atomic E-state index is 14.0. The van der Waals surface area contributed by atoms with Crippen LogP contribution < -0.4 is 9.46 Å². The van der Waals surface area contributed by atoms with Crippen LogP contribution >= 0.6 is 57.4 Å². The molecule has 0 saturated heterocycles. The molecule has 0 saturated carbocycles. The van der Waals surface area contributed by atoms with Gasteiger partial charge in [0.15, 0.2) is 17.3 Å². The molecule has 4 rings (SSSR count). The van der Waals surface area contributed by atoms with E-state index < -0.39 is 21.7 Å². The number of aromatic nitrogens is 2. The zero-order valence-electron chi connectivity index (χ0n) is 16.6. The molecule has 0 atom stereocenters. The number of halogens is 6. The first-order valence-electron chi connectivity index (χ1n) is 9.18. The Labute approximate surface area is 221 Å². The van der Waals surface area contributed by atoms with Crippen molar-refractivity contribution < 1.29 is 21.9 Å². The fourth-order valence-electron chi connectivity index (χ4n) is 2.90. The zero-order valence-corrected chi connectivity index (χ0v) is 21.8. The molecule has 0 bridgehead atoms. The van der Waals surface area contributed by atoms with E-state index in [1.807, 2.05) is 22.6 Å². The Bertz CT molecular complexity index is 1490. The first-order valence-corrected chi connectivity index (χ1v) is 12.9. The monoisotopic (exact) mass is 655 g/mol. The van der Waals surface area contributed by atoms with Crippen LogP contribution in [0.1, 0.15) is 0 Å². The molecular weight excluding hydrogens is 646 g/mol. The van der Waals surface area contributed by atoms with Crippen LogP contribution in [0.25, 0.3) is 5.69 Å². The Kier molecular flexibility index (Phi) is 7.25. The minimum atomic E-state index is -4.02. The van der Waals surface area contributed by atoms with Crippen molar-refractivity contribution in [2.75, 3.05) is 4.72 Å². The molecule has 176 valence electrons. The van der Waals surface area contributed by atoms with Crippen LogP contribution in [0.15, 0.2) is 65.8 Å². The molecule has 34 heavy (non-hydrogen) atoms. The van der Waals surface area contributed by atoms with Gasteiger partial charge < -0.3 is 4.74 Å². The van der Waals surface area contributed by atoms with Crippen LogP contribution in [-0.2, 0) is 10.0 Å². The molecule has 0 unspecified atom stereocenters. The summed E-state index contributed by atoms with van der Waals surface area (Å²) in [5.41, 5.74) is 0.208. The lowest BCUT2D eigenvalue weighted by molar-refractivity contribution is 0.479. The van der Waals surface area contributed by atoms with E-state index in [2.05, 4.69) is 9.82 Å². The average Bonchev–Trinajstić information content (AvgIpc) is 3.18. The Morgan fingerprint density at radius 1 is 1.00 bits per heavy atom. The predicted octanol–water partition coefficient (Wildman–Crippen LogP) is 7.31. The quantitative estimate of drug-likeness (QED) is 0.221. The lowest BCUT2D eigenvalue weighted by Gasteiger charge is -2.13. The largest absolute Gasteiger partial charge is 0.451 e. The van der Waals surface area contributed by atoms with Crippen molar-refractivity contribution in [2.45, 2.75) is 4.90 Å². The fourth-order valence-corrected chi connectivity index (χ4v) is 5.86. The highest BCUT2D eigenvalue weighted by Crippen LogP contribution is 2.37. The number of hydrogen-bond donors (Lipinski definition) is 1. The van der Waals surface area contributed by atoms with Gasteiger partial charge in [-0.15, -0.1) is 0 Å². The summed E-state index contributed by atoms with van der Waals surface area (Å²) in [5.74, 6) is -1.04. The van der Waals surface area contributed by atoms with E-state index in [-0.39, 0.29) is 37.8 Å². The molecular formula is C21H11Cl3F2IN3O3S. The van der Waals surface area contributed by atoms with Gasteiger partial charge in [-0.3, -0.25) is 4.72 Å². The van der Waals surface area contributed by atoms with Gasteiger partial charge in [0.1, 0.15) is 16.4 Å². The SMILES string of the molecule is O=S(=O)(Nc1cc(Cl)c(Oc2cnn(-c3ccc(F)cc3F)c2)c(I)c1)c1ccc(Cl)cc1Cl. The topological polar surface area (TPSA) is 73.2 Å². The highest BCUT2D eigenvalue weighted by molar-refractivity contribution is 14.1. The third-order valence-electron chi connectivity index (χ3n) is 4.37. The molecule has 13 heteroatoms. The second-order valence-electron chi connectivity index (χ2n) is 6.77. The average molecular weight is 657 g/mol. The minimum Gasteiger partial charge on any atom is -0.451 e. The number of nitrogens with one attached hydrogen (secondary N) is 1. The van der Waals surface area contributed by atoms with E-state index in [1.54, 1.807) is 0 Å². The van der Waals surface area contributed by atoms with E-state index in [4.69, 9.17) is 39.5 Å². The van der Waals surface area contributed by atoms with Gasteiger partial charge in [0.05, 0.1) is 31.7 Å². The highest BCUT2D eigenvalue weighted by Gasteiger charge is 2.20. The van der Waals surface area contributed by atoms with Crippen LogP contribution in [0.4, 0.5) is 14.5 Å². The number of sulfonamides is 1. The van der Waals surface area contributed by atoms with Crippen LogP contribution in [0.2, 0.25) is 15.1 Å². The summed E-state index contributed by atoms with van der Waals surface area (Å²) in [6.07, 6.45) is 2.72. The third-order valence-corrected chi connectivity index (χ3v) is 7.55. The summed E-state index contributed by atoms with van der Waals surface area (Å²) in [6, 6.07) is 9.99. The standard InChI is InChI=1S/C21H11Cl3F2IN3O3S/c22-11-1-4-20(15(23)5-11)34(31,32)29-13-7-16(24)21(18(27)8-13)33-14-9-28-30(10-14)19-3-2-12(25)6-17(19)26/h1-10,29H. The Morgan fingerprint density at radius 2 is 1.76 bits per heavy atom. The Morgan fingerprint density at radius 3 is 2.44 bits per heavy atom. The van der Waals surface area contributed by atoms with Crippen molar-refractivity contribution >= 4 is 73.1 Å². The van der Waals surface area contributed by atoms with E-state index in [0.29, 0.717) is 8.59 Å². The molecule has 0 aliphatic carbocycles. The van der Waals surface area contributed by atoms with Gasteiger partial charge >= 0.3 is 0 Å². The molecule has 0 amide bonds. The van der Waals surface area contributed by atoms with E-state index in [0.717, 1.165) is 12.1 Å². The number of ether oxygens (including phenoxy) is 1. The predicted molar refractivity (Wildman–Crippen MR) is 135 cm³/mol. The number of hydrogen-bond acceptors (Lipinski definition) is 4. The molecule has 3 aromatic carbocycles. The van der Waals surface area contributed by atoms with Crippen LogP contribution in [-0.4, -0.2) is 18.2 Å². The van der Waals surface area contributed by atoms with Gasteiger partial charge in [-0.05, 0) is 65.1 Å². The number of nitrogens with zero attached hydrogens (tertiary/aromatic N) is 2. The van der Waals surface area contributed by atoms with Gasteiger partial charge in [0.2, 0.25) is 0 Å². The van der Waals surface area contributed by atoms with Crippen molar-refractivity contribution in [1.29, 1.82) is 0 Å². The molecule has 0 aliphatic rings. The normalized spacial score (nSPS) is 11.5. The van der Waals surface area contributed by atoms with Crippen molar-refractivity contribution in [2.24, 2.45) is 0 Å². The van der Waals surface area contributed by atoms with Crippen LogP contribution in [0.5, 0.6) is 11.5 Å². The van der Waals surface area contributed by atoms with Crippen molar-refractivity contribution in [3.8, 4) is 17.2 Å². The third kappa shape index (κ3) is 5.41. The molecule has 6 nitrogen and oxygen atoms in total. The van der Waals surface area contributed by atoms with Gasteiger partial charge in [-0.25, -0.2) is 21.9 Å². The summed E-state index contributed by atoms with van der Waals surface area (Å²) < 4.78 is 62.5. The fraction of sp³-hybridized carbons (Fsp3) is 0. The summed E-state index contributed by atoms with van der Waals surface area (Å²) in [6.45, 7) is 0. The van der Waals surface area contributed by atoms with Gasteiger partial charge in [-0.1, -0.05) is 34.8 Å². The van der Waals surface area contributed by atoms with Crippen LogP contribution in [0.3, 0.4) is 0 Å². The second kappa shape index (κ2) is 9.86. The molecule has 1 N–H and O–H groups in total. The number of anilines is 1. The Hall–Kier alpha value is -2.12. The summed E-state index contributed by atoms with van der Waals surface area (Å²) in [4.78, 5) is -0.148. The van der Waals surface area contributed by atoms with E-state index >= 15 is 0 Å². The zero-order chi connectivity index (χ0) is 24.6. The molecule has 0 spiro atoms. The van der Waals surface area contributed by atoms with Gasteiger partial charge in [0.25, 0.3) is 10.0 Å². The first-order chi connectivity index (χ1) is 16.0. The van der Waals surface area contributed by atoms with Crippen molar-refractivity contribution in [1.82, 2.24) is 9.78 Å². The molecule has 4 aromatic rings. The second-order valence-corrected chi connectivity index (χ2v) is 10.8. The lowest BCUT2D eigenvalue weighted by Crippen LogP contribution is -2.13. The lowest BCUT2D eigenvalue weighted by atomic mass is 10.3. The maximum absolute atomic E-state index is 14.0. The molecule has 0 radical (unpaired) electrons. The van der Waals surface area contributed by atoms with E-state index in [9.17, 15) is 17.2 Å².